The topological polar surface area (TPSA) is 152 Å². The van der Waals surface area contributed by atoms with Crippen LogP contribution in [0.4, 0.5) is 0 Å². The van der Waals surface area contributed by atoms with Crippen LogP contribution in [0.25, 0.3) is 0 Å². The number of aliphatic hydroxyl groups is 1. The fourth-order valence-corrected chi connectivity index (χ4v) is 17.7. The molecule has 10 aliphatic carbocycles. The fourth-order valence-electron chi connectivity index (χ4n) is 17.7. The van der Waals surface area contributed by atoms with Crippen LogP contribution in [0.5, 0.6) is 0 Å². The van der Waals surface area contributed by atoms with E-state index in [1.807, 2.05) is 48.5 Å². The molecule has 11 rings (SSSR count). The fraction of sp³-hybridized carbons (Fsp3) is 0.907. The number of carbonyl (C=O) groups is 5. The number of hydrogen-bond donors (Lipinski definition) is 1. The predicted molar refractivity (Wildman–Crippen MR) is 241 cm³/mol. The number of fused-ring (bicyclic) bond motifs is 2. The minimum absolute atomic E-state index is 0.00334. The number of esters is 5. The van der Waals surface area contributed by atoms with E-state index in [1.54, 1.807) is 0 Å². The normalized spacial score (nSPS) is 43.4. The highest BCUT2D eigenvalue weighted by Gasteiger charge is 2.63. The van der Waals surface area contributed by atoms with Crippen molar-refractivity contribution in [1.29, 1.82) is 0 Å². The van der Waals surface area contributed by atoms with Crippen LogP contribution in [0, 0.1) is 86.8 Å². The molecule has 11 fully saturated rings. The van der Waals surface area contributed by atoms with Crippen molar-refractivity contribution in [2.75, 3.05) is 6.61 Å². The van der Waals surface area contributed by atoms with E-state index in [1.165, 1.54) is 25.7 Å². The largest absolute Gasteiger partial charge is 0.463 e. The number of aliphatic hydroxyl groups excluding tert-OH is 1. The van der Waals surface area contributed by atoms with Crippen molar-refractivity contribution in [1.82, 2.24) is 0 Å². The van der Waals surface area contributed by atoms with Crippen LogP contribution >= 0.6 is 0 Å². The quantitative estimate of drug-likeness (QED) is 0.124. The Morgan fingerprint density at radius 1 is 0.754 bits per heavy atom. The van der Waals surface area contributed by atoms with E-state index in [9.17, 15) is 19.5 Å². The lowest BCUT2D eigenvalue weighted by Crippen LogP contribution is -2.59. The monoisotopic (exact) mass is 907 g/mol. The highest BCUT2D eigenvalue weighted by atomic mass is 16.6. The third kappa shape index (κ3) is 8.94. The summed E-state index contributed by atoms with van der Waals surface area (Å²) in [6.07, 6.45) is 12.1. The maximum atomic E-state index is 15.6. The van der Waals surface area contributed by atoms with E-state index in [0.29, 0.717) is 36.0 Å². The van der Waals surface area contributed by atoms with Crippen molar-refractivity contribution < 1.29 is 52.8 Å². The van der Waals surface area contributed by atoms with Gasteiger partial charge < -0.3 is 28.8 Å². The zero-order valence-corrected chi connectivity index (χ0v) is 41.5. The molecule has 1 heterocycles. The molecule has 0 aromatic heterocycles. The van der Waals surface area contributed by atoms with Crippen LogP contribution < -0.4 is 0 Å². The first-order chi connectivity index (χ1) is 30.2. The maximum absolute atomic E-state index is 15.6. The van der Waals surface area contributed by atoms with Gasteiger partial charge in [0.05, 0.1) is 35.4 Å². The average Bonchev–Trinajstić information content (AvgIpc) is 3.86. The molecule has 1 aliphatic heterocycles. The van der Waals surface area contributed by atoms with Crippen LogP contribution in [0.3, 0.4) is 0 Å². The summed E-state index contributed by atoms with van der Waals surface area (Å²) in [5.41, 5.74) is -5.42. The van der Waals surface area contributed by atoms with Crippen LogP contribution in [-0.4, -0.2) is 70.6 Å². The van der Waals surface area contributed by atoms with Crippen molar-refractivity contribution in [2.45, 2.75) is 214 Å². The van der Waals surface area contributed by atoms with Gasteiger partial charge in [0.15, 0.2) is 0 Å². The molecule has 1 saturated heterocycles. The maximum Gasteiger partial charge on any atom is 0.347 e. The third-order valence-electron chi connectivity index (χ3n) is 19.6. The number of ether oxygens (including phenoxy) is 5. The minimum atomic E-state index is -1.42. The molecule has 0 spiro atoms. The summed E-state index contributed by atoms with van der Waals surface area (Å²) in [5.74, 6) is 1.19. The van der Waals surface area contributed by atoms with Crippen molar-refractivity contribution in [3.8, 4) is 0 Å². The Kier molecular flexibility index (Phi) is 11.8. The van der Waals surface area contributed by atoms with Gasteiger partial charge in [-0.3, -0.25) is 19.2 Å². The summed E-state index contributed by atoms with van der Waals surface area (Å²) in [6.45, 7) is 19.9. The molecule has 11 unspecified atom stereocenters. The van der Waals surface area contributed by atoms with E-state index in [0.717, 1.165) is 57.8 Å². The first-order valence-corrected chi connectivity index (χ1v) is 25.9. The van der Waals surface area contributed by atoms with Gasteiger partial charge in [0.25, 0.3) is 0 Å². The summed E-state index contributed by atoms with van der Waals surface area (Å²) in [6, 6.07) is 0. The highest BCUT2D eigenvalue weighted by Crippen LogP contribution is 2.65. The minimum Gasteiger partial charge on any atom is -0.463 e. The molecular formula is C54H82O11. The summed E-state index contributed by atoms with van der Waals surface area (Å²) in [4.78, 5) is 71.3. The highest BCUT2D eigenvalue weighted by molar-refractivity contribution is 5.86. The Hall–Kier alpha value is -2.69. The molecule has 10 bridgehead atoms. The van der Waals surface area contributed by atoms with Gasteiger partial charge in [0, 0.05) is 6.42 Å². The molecule has 1 N–H and O–H groups in total. The first-order valence-electron chi connectivity index (χ1n) is 25.9. The molecule has 11 nitrogen and oxygen atoms in total. The van der Waals surface area contributed by atoms with Gasteiger partial charge in [0.1, 0.15) is 16.8 Å². The van der Waals surface area contributed by atoms with E-state index < -0.39 is 63.2 Å². The van der Waals surface area contributed by atoms with Gasteiger partial charge in [-0.15, -0.1) is 0 Å². The Bertz CT molecular complexity index is 1870. The van der Waals surface area contributed by atoms with Crippen LogP contribution in [0.1, 0.15) is 185 Å². The summed E-state index contributed by atoms with van der Waals surface area (Å²) >= 11 is 0. The number of rotatable bonds is 15. The molecule has 11 heteroatoms. The summed E-state index contributed by atoms with van der Waals surface area (Å²) in [7, 11) is 0. The van der Waals surface area contributed by atoms with Gasteiger partial charge in [-0.2, -0.15) is 0 Å². The van der Waals surface area contributed by atoms with Crippen LogP contribution in [0.2, 0.25) is 0 Å². The Balaban J connectivity index is 1.03. The standard InChI is InChI=1S/C54H82O11/c1-30-35-19-38(39(20-35)41(55)21-43(56)63-48(2,3)4)40(30)26-51(8,47(60)64-53(10)36-15-31-13-32(17-36)18-37(53)16-31)29-52(9,46(59)62-42-11-12-61-44(42)57)27-49(5,6)45(58)65-54-24-33-14-34(25-54)23-50(7,22-33)28-54/h30-42,55H,11-29H2,1-10H3. The van der Waals surface area contributed by atoms with Gasteiger partial charge in [-0.05, 0) is 229 Å². The molecule has 0 aromatic rings. The predicted octanol–water partition coefficient (Wildman–Crippen LogP) is 9.72. The van der Waals surface area contributed by atoms with Crippen LogP contribution in [-0.2, 0) is 47.7 Å². The lowest BCUT2D eigenvalue weighted by Gasteiger charge is -2.60. The van der Waals surface area contributed by atoms with Gasteiger partial charge in [-0.1, -0.05) is 13.8 Å². The molecule has 10 saturated carbocycles. The van der Waals surface area contributed by atoms with E-state index in [2.05, 4.69) is 20.8 Å². The lowest BCUT2D eigenvalue weighted by molar-refractivity contribution is -0.215. The van der Waals surface area contributed by atoms with Crippen molar-refractivity contribution in [3.05, 3.63) is 0 Å². The smallest absolute Gasteiger partial charge is 0.347 e. The van der Waals surface area contributed by atoms with Crippen molar-refractivity contribution in [3.63, 3.8) is 0 Å². The Morgan fingerprint density at radius 3 is 1.92 bits per heavy atom. The Morgan fingerprint density at radius 2 is 1.37 bits per heavy atom. The third-order valence-corrected chi connectivity index (χ3v) is 19.6. The molecule has 0 aromatic carbocycles. The summed E-state index contributed by atoms with van der Waals surface area (Å²) in [5, 5.41) is 11.7. The SMILES string of the molecule is CC1C2CC(C(O)CC(=O)OC(C)(C)C)C(C2)C1CC(C)(CC(C)(CC(C)(C)C(=O)OC12CC3CC(CC(C)(C3)C1)C2)C(=O)OC1CCOC1=O)C(=O)OC1(C)C2CC3CC(C2)CC1C3. The number of carbonyl (C=O) groups excluding carboxylic acids is 5. The average molecular weight is 907 g/mol. The van der Waals surface area contributed by atoms with Gasteiger partial charge >= 0.3 is 29.8 Å². The molecular weight excluding hydrogens is 825 g/mol. The van der Waals surface area contributed by atoms with Crippen LogP contribution in [0.15, 0.2) is 0 Å². The van der Waals surface area contributed by atoms with Gasteiger partial charge in [0.2, 0.25) is 6.10 Å². The molecule has 11 aliphatic rings. The second kappa shape index (κ2) is 16.2. The molecule has 0 radical (unpaired) electrons. The lowest BCUT2D eigenvalue weighted by atomic mass is 9.48. The molecule has 0 amide bonds. The molecule has 11 atom stereocenters. The molecule has 65 heavy (non-hydrogen) atoms. The van der Waals surface area contributed by atoms with E-state index in [4.69, 9.17) is 23.7 Å². The second-order valence-electron chi connectivity index (χ2n) is 27.1. The summed E-state index contributed by atoms with van der Waals surface area (Å²) < 4.78 is 30.7. The zero-order valence-electron chi connectivity index (χ0n) is 41.5. The van der Waals surface area contributed by atoms with E-state index in [-0.39, 0.29) is 85.2 Å². The zero-order chi connectivity index (χ0) is 46.9. The number of hydrogen-bond acceptors (Lipinski definition) is 11. The first kappa shape index (κ1) is 47.4. The van der Waals surface area contributed by atoms with Crippen molar-refractivity contribution in [2.24, 2.45) is 86.8 Å². The van der Waals surface area contributed by atoms with Crippen molar-refractivity contribution >= 4 is 29.8 Å². The van der Waals surface area contributed by atoms with Gasteiger partial charge in [-0.25, -0.2) is 4.79 Å². The second-order valence-corrected chi connectivity index (χ2v) is 27.1. The van der Waals surface area contributed by atoms with E-state index >= 15 is 9.59 Å². The molecule has 364 valence electrons. The Labute approximate surface area is 388 Å². The number of cyclic esters (lactones) is 1.